The first-order chi connectivity index (χ1) is 11.2. The maximum atomic E-state index is 12.7. The molecular formula is C19H23NO3. The molecule has 1 saturated carbocycles. The van der Waals surface area contributed by atoms with E-state index in [9.17, 15) is 9.90 Å². The number of nitrogens with zero attached hydrogens (tertiary/aromatic N) is 1. The molecule has 2 heterocycles. The predicted octanol–water partition coefficient (Wildman–Crippen LogP) is 1.81. The molecule has 0 aromatic heterocycles. The zero-order valence-corrected chi connectivity index (χ0v) is 13.5. The number of carbonyl (C=O) groups excluding carboxylic acids is 1. The lowest BCUT2D eigenvalue weighted by Gasteiger charge is -2.57. The van der Waals surface area contributed by atoms with Crippen LogP contribution in [0.2, 0.25) is 0 Å². The molecule has 23 heavy (non-hydrogen) atoms. The van der Waals surface area contributed by atoms with Gasteiger partial charge in [0.2, 0.25) is 0 Å². The minimum atomic E-state index is -0.315. The quantitative estimate of drug-likeness (QED) is 0.905. The number of aliphatic hydroxyl groups excluding tert-OH is 1. The Morgan fingerprint density at radius 1 is 1.43 bits per heavy atom. The number of rotatable bonds is 2. The third kappa shape index (κ3) is 1.52. The van der Waals surface area contributed by atoms with Crippen LogP contribution in [0.15, 0.2) is 12.1 Å². The van der Waals surface area contributed by atoms with Crippen molar-refractivity contribution in [2.24, 2.45) is 5.92 Å². The molecule has 122 valence electrons. The molecule has 4 heteroatoms. The molecule has 1 spiro atoms. The zero-order chi connectivity index (χ0) is 15.8. The molecular weight excluding hydrogens is 290 g/mol. The third-order valence-electron chi connectivity index (χ3n) is 6.90. The van der Waals surface area contributed by atoms with Crippen molar-refractivity contribution in [3.8, 4) is 5.75 Å². The van der Waals surface area contributed by atoms with Gasteiger partial charge in [-0.15, -0.1) is 0 Å². The minimum Gasteiger partial charge on any atom is -0.481 e. The highest BCUT2D eigenvalue weighted by Crippen LogP contribution is 2.62. The van der Waals surface area contributed by atoms with Gasteiger partial charge in [-0.1, -0.05) is 19.1 Å². The first-order valence-corrected chi connectivity index (χ1v) is 8.90. The number of likely N-dealkylation sites (N-methyl/N-ethyl adjacent to an activating group) is 1. The standard InChI is InChI=1S/C19H23NO3/c1-2-20-8-7-19-13-5-6-15(22)18(19)23-17-12(10-21)4-3-11(16(17)19)9-14(13)20/h3-4,13-14,18,21H,2,5-10H2,1H3/t13-,14?,18-,19-/m0/s1. The number of ether oxygens (including phenoxy) is 1. The van der Waals surface area contributed by atoms with Crippen molar-refractivity contribution in [3.63, 3.8) is 0 Å². The number of carbonyl (C=O) groups is 1. The van der Waals surface area contributed by atoms with E-state index in [-0.39, 0.29) is 23.9 Å². The number of aliphatic hydroxyl groups is 1. The van der Waals surface area contributed by atoms with E-state index >= 15 is 0 Å². The average Bonchev–Trinajstić information content (AvgIpc) is 2.91. The molecule has 2 aliphatic heterocycles. The lowest BCUT2D eigenvalue weighted by atomic mass is 9.51. The smallest absolute Gasteiger partial charge is 0.174 e. The number of hydrogen-bond donors (Lipinski definition) is 1. The minimum absolute atomic E-state index is 0.0191. The molecule has 4 nitrogen and oxygen atoms in total. The fourth-order valence-corrected chi connectivity index (χ4v) is 5.99. The van der Waals surface area contributed by atoms with Crippen LogP contribution >= 0.6 is 0 Å². The summed E-state index contributed by atoms with van der Waals surface area (Å²) in [6.45, 7) is 4.35. The fraction of sp³-hybridized carbons (Fsp3) is 0.632. The van der Waals surface area contributed by atoms with Crippen molar-refractivity contribution >= 4 is 5.78 Å². The highest BCUT2D eigenvalue weighted by atomic mass is 16.5. The summed E-state index contributed by atoms with van der Waals surface area (Å²) < 4.78 is 6.25. The van der Waals surface area contributed by atoms with Crippen molar-refractivity contribution in [1.82, 2.24) is 4.90 Å². The highest BCUT2D eigenvalue weighted by Gasteiger charge is 2.65. The monoisotopic (exact) mass is 313 g/mol. The van der Waals surface area contributed by atoms with Crippen LogP contribution in [0, 0.1) is 5.92 Å². The summed E-state index contributed by atoms with van der Waals surface area (Å²) in [6.07, 6.45) is 3.38. The Bertz CT molecular complexity index is 700. The van der Waals surface area contributed by atoms with E-state index in [1.54, 1.807) is 0 Å². The van der Waals surface area contributed by atoms with Crippen LogP contribution in [0.3, 0.4) is 0 Å². The second-order valence-electron chi connectivity index (χ2n) is 7.55. The number of Topliss-reactive ketones (excluding diaryl/α,β-unsaturated/α-hetero) is 1. The lowest BCUT2D eigenvalue weighted by Crippen LogP contribution is -2.66. The van der Waals surface area contributed by atoms with Crippen molar-refractivity contribution in [2.75, 3.05) is 13.1 Å². The number of hydrogen-bond acceptors (Lipinski definition) is 4. The molecule has 1 aromatic rings. The summed E-state index contributed by atoms with van der Waals surface area (Å²) in [6, 6.07) is 4.68. The Balaban J connectivity index is 1.78. The van der Waals surface area contributed by atoms with Gasteiger partial charge in [-0.3, -0.25) is 9.69 Å². The summed E-state index contributed by atoms with van der Waals surface area (Å²) in [5, 5.41) is 9.71. The van der Waals surface area contributed by atoms with Crippen LogP contribution in [0.4, 0.5) is 0 Å². The second kappa shape index (κ2) is 4.58. The normalized spacial score (nSPS) is 37.5. The summed E-state index contributed by atoms with van der Waals surface area (Å²) in [7, 11) is 0. The molecule has 2 fully saturated rings. The fourth-order valence-electron chi connectivity index (χ4n) is 5.99. The molecule has 1 aromatic carbocycles. The Morgan fingerprint density at radius 3 is 3.09 bits per heavy atom. The van der Waals surface area contributed by atoms with E-state index in [1.807, 2.05) is 6.07 Å². The highest BCUT2D eigenvalue weighted by molar-refractivity contribution is 5.89. The van der Waals surface area contributed by atoms with E-state index in [0.717, 1.165) is 43.7 Å². The van der Waals surface area contributed by atoms with Crippen LogP contribution in [0.5, 0.6) is 5.75 Å². The van der Waals surface area contributed by atoms with Gasteiger partial charge >= 0.3 is 0 Å². The molecule has 1 unspecified atom stereocenters. The lowest BCUT2D eigenvalue weighted by molar-refractivity contribution is -0.138. The molecule has 1 N–H and O–H groups in total. The summed E-state index contributed by atoms with van der Waals surface area (Å²) in [5.41, 5.74) is 3.34. The van der Waals surface area contributed by atoms with Gasteiger partial charge < -0.3 is 9.84 Å². The SMILES string of the molecule is CCN1CC[C@]23c4c5ccc(CO)c4O[C@H]2C(=O)CC[C@H]3C1C5. The van der Waals surface area contributed by atoms with E-state index in [0.29, 0.717) is 18.4 Å². The van der Waals surface area contributed by atoms with E-state index in [2.05, 4.69) is 17.9 Å². The maximum Gasteiger partial charge on any atom is 0.174 e. The molecule has 1 saturated heterocycles. The van der Waals surface area contributed by atoms with Crippen LogP contribution in [0.25, 0.3) is 0 Å². The molecule has 5 rings (SSSR count). The molecule has 0 radical (unpaired) electrons. The number of likely N-dealkylation sites (tertiary alicyclic amines) is 1. The third-order valence-corrected chi connectivity index (χ3v) is 6.90. The first-order valence-electron chi connectivity index (χ1n) is 8.90. The summed E-state index contributed by atoms with van der Waals surface area (Å²) in [4.78, 5) is 15.3. The second-order valence-corrected chi connectivity index (χ2v) is 7.55. The Labute approximate surface area is 136 Å². The molecule has 4 atom stereocenters. The van der Waals surface area contributed by atoms with E-state index in [1.165, 1.54) is 11.1 Å². The zero-order valence-electron chi connectivity index (χ0n) is 13.5. The van der Waals surface area contributed by atoms with Gasteiger partial charge in [0.1, 0.15) is 5.75 Å². The topological polar surface area (TPSA) is 49.8 Å². The van der Waals surface area contributed by atoms with Crippen molar-refractivity contribution < 1.29 is 14.6 Å². The number of benzene rings is 1. The van der Waals surface area contributed by atoms with E-state index < -0.39 is 0 Å². The van der Waals surface area contributed by atoms with Crippen molar-refractivity contribution in [3.05, 3.63) is 28.8 Å². The summed E-state index contributed by atoms with van der Waals surface area (Å²) in [5.74, 6) is 1.61. The van der Waals surface area contributed by atoms with Gasteiger partial charge in [-0.05, 0) is 43.8 Å². The average molecular weight is 313 g/mol. The van der Waals surface area contributed by atoms with E-state index in [4.69, 9.17) is 4.74 Å². The molecule has 4 aliphatic rings. The van der Waals surface area contributed by atoms with Gasteiger partial charge in [0, 0.05) is 29.0 Å². The Morgan fingerprint density at radius 2 is 2.30 bits per heavy atom. The summed E-state index contributed by atoms with van der Waals surface area (Å²) >= 11 is 0. The largest absolute Gasteiger partial charge is 0.481 e. The van der Waals surface area contributed by atoms with Crippen LogP contribution in [0.1, 0.15) is 42.9 Å². The molecule has 2 bridgehead atoms. The number of ketones is 1. The van der Waals surface area contributed by atoms with Crippen LogP contribution < -0.4 is 4.74 Å². The van der Waals surface area contributed by atoms with Crippen molar-refractivity contribution in [2.45, 2.75) is 56.8 Å². The van der Waals surface area contributed by atoms with Gasteiger partial charge in [-0.25, -0.2) is 0 Å². The maximum absolute atomic E-state index is 12.7. The van der Waals surface area contributed by atoms with Gasteiger partial charge in [0.25, 0.3) is 0 Å². The Kier molecular flexibility index (Phi) is 2.79. The molecule has 0 amide bonds. The van der Waals surface area contributed by atoms with Gasteiger partial charge in [0.05, 0.1) is 6.61 Å². The molecule has 2 aliphatic carbocycles. The first kappa shape index (κ1) is 14.0. The Hall–Kier alpha value is -1.39. The predicted molar refractivity (Wildman–Crippen MR) is 85.5 cm³/mol. The van der Waals surface area contributed by atoms with Crippen LogP contribution in [-0.2, 0) is 23.2 Å². The van der Waals surface area contributed by atoms with Crippen molar-refractivity contribution in [1.29, 1.82) is 0 Å². The van der Waals surface area contributed by atoms with Crippen LogP contribution in [-0.4, -0.2) is 41.0 Å². The number of piperidine rings is 1. The van der Waals surface area contributed by atoms with Gasteiger partial charge in [-0.2, -0.15) is 0 Å². The van der Waals surface area contributed by atoms with Gasteiger partial charge in [0.15, 0.2) is 11.9 Å².